The summed E-state index contributed by atoms with van der Waals surface area (Å²) < 4.78 is 0. The number of aromatic amines is 1. The van der Waals surface area contributed by atoms with Crippen molar-refractivity contribution in [3.05, 3.63) is 36.7 Å². The quantitative estimate of drug-likeness (QED) is 0.743. The minimum atomic E-state index is -1.03. The van der Waals surface area contributed by atoms with Crippen LogP contribution in [-0.2, 0) is 4.79 Å². The number of likely N-dealkylation sites (tertiary alicyclic amines) is 1. The summed E-state index contributed by atoms with van der Waals surface area (Å²) in [5.74, 6) is -1.14. The number of fused-ring (bicyclic) bond motifs is 1. The summed E-state index contributed by atoms with van der Waals surface area (Å²) in [5, 5.41) is 13.3. The van der Waals surface area contributed by atoms with E-state index in [9.17, 15) is 14.7 Å². The Bertz CT molecular complexity index is 752. The molecule has 1 atom stereocenters. The van der Waals surface area contributed by atoms with Gasteiger partial charge >= 0.3 is 5.97 Å². The largest absolute Gasteiger partial charge is 0.478 e. The summed E-state index contributed by atoms with van der Waals surface area (Å²) in [4.78, 5) is 31.8. The van der Waals surface area contributed by atoms with E-state index in [1.54, 1.807) is 17.2 Å². The molecule has 22 heavy (non-hydrogen) atoms. The van der Waals surface area contributed by atoms with E-state index >= 15 is 0 Å². The lowest BCUT2D eigenvalue weighted by Gasteiger charge is -2.18. The average Bonchev–Trinajstić information content (AvgIpc) is 3.15. The highest BCUT2D eigenvalue weighted by molar-refractivity contribution is 6.03. The number of carboxylic acid groups (broad SMARTS) is 1. The number of H-pyrrole nitrogens is 1. The highest BCUT2D eigenvalue weighted by Crippen LogP contribution is 2.27. The van der Waals surface area contributed by atoms with Crippen LogP contribution in [0, 0.1) is 0 Å². The zero-order valence-corrected chi connectivity index (χ0v) is 11.9. The van der Waals surface area contributed by atoms with Crippen molar-refractivity contribution in [2.75, 3.05) is 18.4 Å². The zero-order chi connectivity index (χ0) is 15.7. The smallest absolute Gasteiger partial charge is 0.339 e. The number of pyridine rings is 1. The summed E-state index contributed by atoms with van der Waals surface area (Å²) in [6.07, 6.45) is 5.11. The molecule has 3 rings (SSSR count). The van der Waals surface area contributed by atoms with Crippen LogP contribution in [0.25, 0.3) is 11.0 Å². The molecule has 0 bridgehead atoms. The van der Waals surface area contributed by atoms with Gasteiger partial charge in [-0.2, -0.15) is 0 Å². The average molecular weight is 300 g/mol. The van der Waals surface area contributed by atoms with Gasteiger partial charge < -0.3 is 20.3 Å². The first kappa shape index (κ1) is 14.1. The number of aromatic nitrogens is 2. The predicted octanol–water partition coefficient (Wildman–Crippen LogP) is 1.46. The number of rotatable bonds is 4. The molecule has 2 aromatic rings. The van der Waals surface area contributed by atoms with Gasteiger partial charge in [0.15, 0.2) is 0 Å². The highest BCUT2D eigenvalue weighted by atomic mass is 16.4. The Labute approximate surface area is 126 Å². The van der Waals surface area contributed by atoms with Crippen molar-refractivity contribution in [3.63, 3.8) is 0 Å². The molecule has 0 aromatic carbocycles. The van der Waals surface area contributed by atoms with Crippen molar-refractivity contribution < 1.29 is 14.7 Å². The van der Waals surface area contributed by atoms with Crippen LogP contribution in [0.4, 0.5) is 5.69 Å². The molecule has 0 saturated carbocycles. The Morgan fingerprint density at radius 1 is 1.55 bits per heavy atom. The van der Waals surface area contributed by atoms with E-state index in [2.05, 4.69) is 21.9 Å². The van der Waals surface area contributed by atoms with Crippen LogP contribution in [-0.4, -0.2) is 51.0 Å². The van der Waals surface area contributed by atoms with Gasteiger partial charge in [0.25, 0.3) is 0 Å². The summed E-state index contributed by atoms with van der Waals surface area (Å²) in [6, 6.07) is 1.79. The third-order valence-electron chi connectivity index (χ3n) is 3.84. The molecule has 1 aliphatic heterocycles. The number of hydrogen-bond donors (Lipinski definition) is 3. The van der Waals surface area contributed by atoms with Crippen molar-refractivity contribution >= 4 is 28.6 Å². The normalized spacial score (nSPS) is 17.6. The monoisotopic (exact) mass is 300 g/mol. The van der Waals surface area contributed by atoms with Crippen LogP contribution in [0.2, 0.25) is 0 Å². The summed E-state index contributed by atoms with van der Waals surface area (Å²) in [6.45, 7) is 4.64. The Morgan fingerprint density at radius 3 is 3.09 bits per heavy atom. The molecule has 1 amide bonds. The first-order chi connectivity index (χ1) is 10.6. The fraction of sp³-hybridized carbons (Fsp3) is 0.267. The lowest BCUT2D eigenvalue weighted by molar-refractivity contribution is -0.125. The van der Waals surface area contributed by atoms with Crippen molar-refractivity contribution in [1.82, 2.24) is 14.9 Å². The number of carbonyl (C=O) groups is 2. The van der Waals surface area contributed by atoms with E-state index in [-0.39, 0.29) is 17.5 Å². The van der Waals surface area contributed by atoms with Crippen LogP contribution >= 0.6 is 0 Å². The number of nitrogens with one attached hydrogen (secondary N) is 2. The van der Waals surface area contributed by atoms with Gasteiger partial charge in [-0.25, -0.2) is 9.78 Å². The van der Waals surface area contributed by atoms with E-state index < -0.39 is 5.97 Å². The maximum Gasteiger partial charge on any atom is 0.339 e. The van der Waals surface area contributed by atoms with Gasteiger partial charge in [0.2, 0.25) is 5.91 Å². The topological polar surface area (TPSA) is 98.3 Å². The molecule has 1 saturated heterocycles. The van der Waals surface area contributed by atoms with Crippen LogP contribution < -0.4 is 5.32 Å². The van der Waals surface area contributed by atoms with E-state index in [1.165, 1.54) is 12.3 Å². The Hall–Kier alpha value is -2.83. The third kappa shape index (κ3) is 2.41. The fourth-order valence-corrected chi connectivity index (χ4v) is 2.74. The molecule has 0 unspecified atom stereocenters. The number of carbonyl (C=O) groups excluding carboxylic acids is 1. The van der Waals surface area contributed by atoms with Gasteiger partial charge in [-0.05, 0) is 18.6 Å². The van der Waals surface area contributed by atoms with E-state index in [4.69, 9.17) is 0 Å². The van der Waals surface area contributed by atoms with Crippen LogP contribution in [0.15, 0.2) is 31.1 Å². The minimum absolute atomic E-state index is 0.00231. The van der Waals surface area contributed by atoms with E-state index in [0.29, 0.717) is 24.4 Å². The minimum Gasteiger partial charge on any atom is -0.478 e. The Morgan fingerprint density at radius 2 is 2.36 bits per heavy atom. The van der Waals surface area contributed by atoms with Crippen molar-refractivity contribution in [3.8, 4) is 0 Å². The molecular weight excluding hydrogens is 284 g/mol. The molecule has 0 aliphatic carbocycles. The lowest BCUT2D eigenvalue weighted by Crippen LogP contribution is -2.30. The third-order valence-corrected chi connectivity index (χ3v) is 3.84. The SMILES string of the molecule is C=CC(=O)N1CC[C@H](Nc2c(C(=O)O)cnc3[nH]ccc23)C1. The summed E-state index contributed by atoms with van der Waals surface area (Å²) in [7, 11) is 0. The molecule has 1 aliphatic rings. The lowest BCUT2D eigenvalue weighted by atomic mass is 10.1. The molecule has 0 spiro atoms. The number of amides is 1. The summed E-state index contributed by atoms with van der Waals surface area (Å²) >= 11 is 0. The standard InChI is InChI=1S/C15H16N4O3/c1-2-12(20)19-6-4-9(8-19)18-13-10-3-5-16-14(10)17-7-11(13)15(21)22/h2-3,5,7,9H,1,4,6,8H2,(H,21,22)(H2,16,17,18)/t9-/m0/s1. The van der Waals surface area contributed by atoms with Crippen molar-refractivity contribution in [2.45, 2.75) is 12.5 Å². The second-order valence-corrected chi connectivity index (χ2v) is 5.21. The van der Waals surface area contributed by atoms with Gasteiger partial charge in [-0.1, -0.05) is 6.58 Å². The van der Waals surface area contributed by atoms with Crippen LogP contribution in [0.3, 0.4) is 0 Å². The number of aromatic carboxylic acids is 1. The molecule has 7 heteroatoms. The molecule has 7 nitrogen and oxygen atoms in total. The molecule has 0 radical (unpaired) electrons. The maximum absolute atomic E-state index is 11.6. The van der Waals surface area contributed by atoms with E-state index in [0.717, 1.165) is 11.8 Å². The molecule has 114 valence electrons. The highest BCUT2D eigenvalue weighted by Gasteiger charge is 2.26. The Kier molecular flexibility index (Phi) is 3.54. The van der Waals surface area contributed by atoms with Gasteiger partial charge in [0, 0.05) is 36.9 Å². The van der Waals surface area contributed by atoms with Gasteiger partial charge in [-0.3, -0.25) is 4.79 Å². The second kappa shape index (κ2) is 5.51. The first-order valence-corrected chi connectivity index (χ1v) is 6.97. The summed E-state index contributed by atoms with van der Waals surface area (Å²) in [5.41, 5.74) is 1.29. The first-order valence-electron chi connectivity index (χ1n) is 6.97. The molecule has 2 aromatic heterocycles. The van der Waals surface area contributed by atoms with Crippen molar-refractivity contribution in [1.29, 1.82) is 0 Å². The van der Waals surface area contributed by atoms with Gasteiger partial charge in [0.1, 0.15) is 11.2 Å². The molecule has 3 heterocycles. The molecular formula is C15H16N4O3. The van der Waals surface area contributed by atoms with Crippen LogP contribution in [0.1, 0.15) is 16.8 Å². The number of nitrogens with zero attached hydrogens (tertiary/aromatic N) is 2. The zero-order valence-electron chi connectivity index (χ0n) is 11.9. The van der Waals surface area contributed by atoms with Gasteiger partial charge in [0.05, 0.1) is 5.69 Å². The van der Waals surface area contributed by atoms with E-state index in [1.807, 2.05) is 0 Å². The van der Waals surface area contributed by atoms with Crippen LogP contribution in [0.5, 0.6) is 0 Å². The second-order valence-electron chi connectivity index (χ2n) is 5.21. The maximum atomic E-state index is 11.6. The Balaban J connectivity index is 1.89. The number of anilines is 1. The molecule has 3 N–H and O–H groups in total. The number of carboxylic acids is 1. The van der Waals surface area contributed by atoms with Gasteiger partial charge in [-0.15, -0.1) is 0 Å². The fourth-order valence-electron chi connectivity index (χ4n) is 2.74. The molecule has 1 fully saturated rings. The van der Waals surface area contributed by atoms with Crippen molar-refractivity contribution in [2.24, 2.45) is 0 Å². The predicted molar refractivity (Wildman–Crippen MR) is 81.9 cm³/mol. The number of hydrogen-bond acceptors (Lipinski definition) is 4.